The van der Waals surface area contributed by atoms with Gasteiger partial charge in [0.1, 0.15) is 23.7 Å². The molecule has 0 aromatic carbocycles. The lowest BCUT2D eigenvalue weighted by Crippen LogP contribution is -2.70. The average molecular weight is 412 g/mol. The van der Waals surface area contributed by atoms with Crippen LogP contribution in [0, 0.1) is 0 Å². The minimum absolute atomic E-state index is 0.0371. The molecular formula is C15H16N4O6S2. The lowest BCUT2D eigenvalue weighted by molar-refractivity contribution is -0.151. The summed E-state index contributed by atoms with van der Waals surface area (Å²) in [6.07, 6.45) is 1.53. The highest BCUT2D eigenvalue weighted by atomic mass is 32.2. The summed E-state index contributed by atoms with van der Waals surface area (Å²) in [4.78, 5) is 52.9. The number of carboxylic acid groups (broad SMARTS) is 1. The summed E-state index contributed by atoms with van der Waals surface area (Å²) in [5.41, 5.74) is 5.68. The van der Waals surface area contributed by atoms with E-state index in [-0.39, 0.29) is 30.4 Å². The number of hydrogen-bond donors (Lipinski definition) is 3. The Balaban J connectivity index is 1.68. The molecule has 1 unspecified atom stereocenters. The van der Waals surface area contributed by atoms with Crippen LogP contribution in [0.5, 0.6) is 0 Å². The minimum Gasteiger partial charge on any atom is -0.477 e. The van der Waals surface area contributed by atoms with E-state index in [1.807, 2.05) is 0 Å². The molecule has 1 fully saturated rings. The second-order valence-corrected chi connectivity index (χ2v) is 8.09. The zero-order valence-electron chi connectivity index (χ0n) is 14.1. The van der Waals surface area contributed by atoms with Crippen molar-refractivity contribution in [3.8, 4) is 0 Å². The molecule has 4 N–H and O–H groups in total. The molecule has 1 saturated heterocycles. The summed E-state index contributed by atoms with van der Waals surface area (Å²) in [7, 11) is 0. The van der Waals surface area contributed by atoms with E-state index in [9.17, 15) is 24.3 Å². The molecule has 1 aromatic rings. The highest BCUT2D eigenvalue weighted by Gasteiger charge is 2.54. The standard InChI is InChI=1S/C15H16N4O6S2/c1-6(20)25-4-7-5-26-13-10(12(22)19(13)11(7)14(23)24)18-9(21)2-8-3-17-15(16)27-8/h3,10,13H,2,4-5H2,1H3,(H2,16,17)(H,18,21)(H,23,24)/t10?,13-/m1/s1. The SMILES string of the molecule is CC(=O)OCC1=C(C(=O)O)N2C(=O)C(NC(=O)Cc3cnc(N)s3)[C@H]2SC1. The van der Waals surface area contributed by atoms with Gasteiger partial charge in [0, 0.05) is 29.3 Å². The van der Waals surface area contributed by atoms with Crippen molar-refractivity contribution in [3.63, 3.8) is 0 Å². The molecule has 1 aromatic heterocycles. The van der Waals surface area contributed by atoms with Crippen molar-refractivity contribution < 1.29 is 29.0 Å². The number of hydrogen-bond acceptors (Lipinski definition) is 9. The number of nitrogens with one attached hydrogen (secondary N) is 1. The van der Waals surface area contributed by atoms with Gasteiger partial charge < -0.3 is 20.9 Å². The summed E-state index contributed by atoms with van der Waals surface area (Å²) in [6, 6.07) is -0.808. The molecule has 0 radical (unpaired) electrons. The van der Waals surface area contributed by atoms with Gasteiger partial charge in [-0.25, -0.2) is 9.78 Å². The number of anilines is 1. The fourth-order valence-corrected chi connectivity index (χ4v) is 4.78. The number of thioether (sulfide) groups is 1. The van der Waals surface area contributed by atoms with Crippen molar-refractivity contribution in [1.29, 1.82) is 0 Å². The molecular weight excluding hydrogens is 396 g/mol. The Kier molecular flexibility index (Phi) is 5.37. The lowest BCUT2D eigenvalue weighted by Gasteiger charge is -2.49. The van der Waals surface area contributed by atoms with Crippen LogP contribution in [0.25, 0.3) is 0 Å². The number of carbonyl (C=O) groups excluding carboxylic acids is 3. The first-order valence-corrected chi connectivity index (χ1v) is 9.67. The maximum atomic E-state index is 12.4. The molecule has 2 aliphatic heterocycles. The van der Waals surface area contributed by atoms with Crippen LogP contribution in [0.2, 0.25) is 0 Å². The van der Waals surface area contributed by atoms with E-state index in [1.54, 1.807) is 0 Å². The van der Waals surface area contributed by atoms with Gasteiger partial charge in [-0.2, -0.15) is 0 Å². The van der Waals surface area contributed by atoms with Gasteiger partial charge in [-0.1, -0.05) is 0 Å². The molecule has 3 rings (SSSR count). The molecule has 27 heavy (non-hydrogen) atoms. The van der Waals surface area contributed by atoms with Gasteiger partial charge in [-0.15, -0.1) is 23.1 Å². The smallest absolute Gasteiger partial charge is 0.352 e. The molecule has 0 saturated carbocycles. The first kappa shape index (κ1) is 19.2. The molecule has 0 spiro atoms. The van der Waals surface area contributed by atoms with Crippen molar-refractivity contribution in [2.75, 3.05) is 18.1 Å². The van der Waals surface area contributed by atoms with E-state index in [2.05, 4.69) is 10.3 Å². The van der Waals surface area contributed by atoms with Gasteiger partial charge in [0.05, 0.1) is 6.42 Å². The van der Waals surface area contributed by atoms with E-state index in [0.717, 1.165) is 4.90 Å². The van der Waals surface area contributed by atoms with E-state index >= 15 is 0 Å². The highest BCUT2D eigenvalue weighted by molar-refractivity contribution is 8.00. The van der Waals surface area contributed by atoms with Crippen LogP contribution in [-0.2, 0) is 30.3 Å². The highest BCUT2D eigenvalue weighted by Crippen LogP contribution is 2.40. The maximum absolute atomic E-state index is 12.4. The summed E-state index contributed by atoms with van der Waals surface area (Å²) in [5, 5.41) is 11.9. The molecule has 2 aliphatic rings. The fraction of sp³-hybridized carbons (Fsp3) is 0.400. The number of aliphatic carboxylic acids is 1. The number of ether oxygens (including phenoxy) is 1. The summed E-state index contributed by atoms with van der Waals surface area (Å²) in [6.45, 7) is 1.03. The number of nitrogens with two attached hydrogens (primary N) is 1. The van der Waals surface area contributed by atoms with Crippen LogP contribution in [-0.4, -0.2) is 62.5 Å². The Morgan fingerprint density at radius 3 is 2.81 bits per heavy atom. The zero-order chi connectivity index (χ0) is 19.7. The number of nitrogens with zero attached hydrogens (tertiary/aromatic N) is 2. The fourth-order valence-electron chi connectivity index (χ4n) is 2.77. The molecule has 10 nitrogen and oxygen atoms in total. The maximum Gasteiger partial charge on any atom is 0.352 e. The van der Waals surface area contributed by atoms with Gasteiger partial charge in [-0.05, 0) is 0 Å². The van der Waals surface area contributed by atoms with Gasteiger partial charge in [0.25, 0.3) is 5.91 Å². The Morgan fingerprint density at radius 1 is 1.48 bits per heavy atom. The number of rotatable bonds is 6. The average Bonchev–Trinajstić information content (AvgIpc) is 3.01. The number of carbonyl (C=O) groups is 4. The van der Waals surface area contributed by atoms with E-state index < -0.39 is 29.3 Å². The van der Waals surface area contributed by atoms with Crippen molar-refractivity contribution >= 4 is 52.0 Å². The van der Waals surface area contributed by atoms with Crippen LogP contribution < -0.4 is 11.1 Å². The number of fused-ring (bicyclic) bond motifs is 1. The van der Waals surface area contributed by atoms with Crippen LogP contribution in [0.3, 0.4) is 0 Å². The lowest BCUT2D eigenvalue weighted by atomic mass is 10.0. The third-order valence-corrected chi connectivity index (χ3v) is 6.09. The molecule has 0 aliphatic carbocycles. The molecule has 2 atom stereocenters. The van der Waals surface area contributed by atoms with Gasteiger partial charge in [-0.3, -0.25) is 19.3 Å². The van der Waals surface area contributed by atoms with E-state index in [1.165, 1.54) is 36.2 Å². The predicted octanol–water partition coefficient (Wildman–Crippen LogP) is -0.430. The Morgan fingerprint density at radius 2 is 2.22 bits per heavy atom. The zero-order valence-corrected chi connectivity index (χ0v) is 15.8. The van der Waals surface area contributed by atoms with Crippen LogP contribution >= 0.6 is 23.1 Å². The Bertz CT molecular complexity index is 851. The van der Waals surface area contributed by atoms with Gasteiger partial charge in [0.15, 0.2) is 5.13 Å². The topological polar surface area (TPSA) is 152 Å². The monoisotopic (exact) mass is 412 g/mol. The molecule has 144 valence electrons. The second-order valence-electron chi connectivity index (χ2n) is 5.83. The molecule has 2 amide bonds. The largest absolute Gasteiger partial charge is 0.477 e. The Hall–Kier alpha value is -2.60. The van der Waals surface area contributed by atoms with Crippen LogP contribution in [0.1, 0.15) is 11.8 Å². The molecule has 0 bridgehead atoms. The van der Waals surface area contributed by atoms with Crippen molar-refractivity contribution in [1.82, 2.24) is 15.2 Å². The number of amides is 2. The van der Waals surface area contributed by atoms with E-state index in [4.69, 9.17) is 10.5 Å². The number of aromatic nitrogens is 1. The summed E-state index contributed by atoms with van der Waals surface area (Å²) < 4.78 is 4.87. The number of β-lactam (4-membered cyclic amide) rings is 1. The van der Waals surface area contributed by atoms with Crippen molar-refractivity contribution in [2.24, 2.45) is 0 Å². The quantitative estimate of drug-likeness (QED) is 0.417. The predicted molar refractivity (Wildman–Crippen MR) is 96.5 cm³/mol. The second kappa shape index (κ2) is 7.56. The minimum atomic E-state index is -1.28. The molecule has 12 heteroatoms. The van der Waals surface area contributed by atoms with Crippen molar-refractivity contribution in [3.05, 3.63) is 22.3 Å². The van der Waals surface area contributed by atoms with Crippen LogP contribution in [0.4, 0.5) is 5.13 Å². The van der Waals surface area contributed by atoms with Crippen molar-refractivity contribution in [2.45, 2.75) is 24.8 Å². The van der Waals surface area contributed by atoms with Gasteiger partial charge in [0.2, 0.25) is 5.91 Å². The molecule has 3 heterocycles. The third-order valence-electron chi connectivity index (χ3n) is 3.92. The summed E-state index contributed by atoms with van der Waals surface area (Å²) >= 11 is 2.49. The first-order chi connectivity index (χ1) is 12.8. The normalized spacial score (nSPS) is 21.4. The summed E-state index contributed by atoms with van der Waals surface area (Å²) in [5.74, 6) is -2.42. The van der Waals surface area contributed by atoms with Gasteiger partial charge >= 0.3 is 11.9 Å². The van der Waals surface area contributed by atoms with E-state index in [0.29, 0.717) is 15.6 Å². The number of nitrogen functional groups attached to an aromatic ring is 1. The Labute approximate surface area is 161 Å². The number of carboxylic acids is 1. The van der Waals surface area contributed by atoms with Crippen LogP contribution in [0.15, 0.2) is 17.5 Å². The third kappa shape index (κ3) is 3.90. The number of esters is 1. The number of thiazole rings is 1. The first-order valence-electron chi connectivity index (χ1n) is 7.80.